The van der Waals surface area contributed by atoms with Gasteiger partial charge in [-0.05, 0) is 26.3 Å². The maximum atomic E-state index is 14.1. The first-order chi connectivity index (χ1) is 11.0. The van der Waals surface area contributed by atoms with Gasteiger partial charge in [0.2, 0.25) is 5.91 Å². The molecule has 0 bridgehead atoms. The largest absolute Gasteiger partial charge is 0.340 e. The number of likely N-dealkylation sites (tertiary alicyclic amines) is 1. The van der Waals surface area contributed by atoms with E-state index in [1.807, 2.05) is 18.7 Å². The van der Waals surface area contributed by atoms with Crippen molar-refractivity contribution in [1.29, 1.82) is 0 Å². The van der Waals surface area contributed by atoms with Crippen molar-refractivity contribution in [3.05, 3.63) is 35.6 Å². The molecule has 2 heterocycles. The molecule has 2 aliphatic heterocycles. The maximum Gasteiger partial charge on any atom is 0.232 e. The molecule has 0 spiro atoms. The molecule has 1 atom stereocenters. The first-order valence-electron chi connectivity index (χ1n) is 8.49. The Labute approximate surface area is 137 Å². The zero-order valence-electron chi connectivity index (χ0n) is 14.0. The molecule has 1 unspecified atom stereocenters. The van der Waals surface area contributed by atoms with E-state index in [0.717, 1.165) is 45.7 Å². The van der Waals surface area contributed by atoms with Crippen LogP contribution in [0.1, 0.15) is 25.8 Å². The average molecular weight is 319 g/mol. The second kappa shape index (κ2) is 6.57. The van der Waals surface area contributed by atoms with Crippen LogP contribution < -0.4 is 5.32 Å². The van der Waals surface area contributed by atoms with Gasteiger partial charge in [0.25, 0.3) is 0 Å². The number of rotatable bonds is 3. The van der Waals surface area contributed by atoms with Gasteiger partial charge >= 0.3 is 0 Å². The van der Waals surface area contributed by atoms with Crippen molar-refractivity contribution in [3.8, 4) is 0 Å². The molecule has 3 rings (SSSR count). The number of benzene rings is 1. The number of nitrogens with zero attached hydrogens (tertiary/aromatic N) is 2. The number of halogens is 1. The van der Waals surface area contributed by atoms with E-state index in [0.29, 0.717) is 11.6 Å². The van der Waals surface area contributed by atoms with Gasteiger partial charge in [-0.15, -0.1) is 0 Å². The minimum Gasteiger partial charge on any atom is -0.340 e. The van der Waals surface area contributed by atoms with Gasteiger partial charge in [0.1, 0.15) is 5.82 Å². The third-order valence-electron chi connectivity index (χ3n) is 5.20. The first kappa shape index (κ1) is 16.4. The number of carbonyl (C=O) groups is 1. The van der Waals surface area contributed by atoms with Crippen molar-refractivity contribution in [3.63, 3.8) is 0 Å². The molecule has 1 amide bonds. The van der Waals surface area contributed by atoms with Crippen molar-refractivity contribution >= 4 is 5.91 Å². The van der Waals surface area contributed by atoms with Crippen molar-refractivity contribution < 1.29 is 9.18 Å². The Morgan fingerprint density at radius 1 is 1.22 bits per heavy atom. The second-order valence-corrected chi connectivity index (χ2v) is 7.08. The number of amides is 1. The van der Waals surface area contributed by atoms with E-state index in [4.69, 9.17) is 0 Å². The predicted molar refractivity (Wildman–Crippen MR) is 88.9 cm³/mol. The Kier molecular flexibility index (Phi) is 4.69. The molecule has 5 heteroatoms. The summed E-state index contributed by atoms with van der Waals surface area (Å²) in [6.07, 6.45) is 1.01. The maximum absolute atomic E-state index is 14.1. The molecule has 0 radical (unpaired) electrons. The SMILES string of the molecule is CC(C)(C(=O)N1CCC(N2CCNCC2)C1)c1ccccc1F. The average Bonchev–Trinajstić information content (AvgIpc) is 3.05. The minimum atomic E-state index is -0.830. The molecule has 2 fully saturated rings. The van der Waals surface area contributed by atoms with E-state index in [-0.39, 0.29) is 11.7 Å². The highest BCUT2D eigenvalue weighted by Crippen LogP contribution is 2.30. The molecule has 4 nitrogen and oxygen atoms in total. The number of nitrogens with one attached hydrogen (secondary N) is 1. The molecule has 0 aliphatic carbocycles. The van der Waals surface area contributed by atoms with E-state index in [1.165, 1.54) is 6.07 Å². The third-order valence-corrected chi connectivity index (χ3v) is 5.20. The smallest absolute Gasteiger partial charge is 0.232 e. The quantitative estimate of drug-likeness (QED) is 0.919. The van der Waals surface area contributed by atoms with Crippen molar-refractivity contribution in [1.82, 2.24) is 15.1 Å². The van der Waals surface area contributed by atoms with Crippen LogP contribution in [0.4, 0.5) is 4.39 Å². The van der Waals surface area contributed by atoms with Crippen LogP contribution in [0.3, 0.4) is 0 Å². The fourth-order valence-corrected chi connectivity index (χ4v) is 3.75. The molecular formula is C18H26FN3O. The van der Waals surface area contributed by atoms with Crippen LogP contribution in [0.2, 0.25) is 0 Å². The Morgan fingerprint density at radius 3 is 2.61 bits per heavy atom. The molecule has 2 saturated heterocycles. The second-order valence-electron chi connectivity index (χ2n) is 7.08. The van der Waals surface area contributed by atoms with Gasteiger partial charge < -0.3 is 10.2 Å². The normalized spacial score (nSPS) is 23.3. The van der Waals surface area contributed by atoms with Crippen molar-refractivity contribution in [2.24, 2.45) is 0 Å². The summed E-state index contributed by atoms with van der Waals surface area (Å²) in [5, 5.41) is 3.36. The lowest BCUT2D eigenvalue weighted by molar-refractivity contribution is -0.135. The molecule has 0 saturated carbocycles. The lowest BCUT2D eigenvalue weighted by Crippen LogP contribution is -2.50. The summed E-state index contributed by atoms with van der Waals surface area (Å²) in [5.41, 5.74) is -0.348. The summed E-state index contributed by atoms with van der Waals surface area (Å²) < 4.78 is 14.1. The van der Waals surface area contributed by atoms with Gasteiger partial charge in [-0.2, -0.15) is 0 Å². The van der Waals surface area contributed by atoms with Gasteiger partial charge in [0, 0.05) is 50.9 Å². The van der Waals surface area contributed by atoms with Gasteiger partial charge in [-0.1, -0.05) is 18.2 Å². The van der Waals surface area contributed by atoms with Crippen LogP contribution in [0.15, 0.2) is 24.3 Å². The fourth-order valence-electron chi connectivity index (χ4n) is 3.75. The molecule has 1 aromatic carbocycles. The number of carbonyl (C=O) groups excluding carboxylic acids is 1. The highest BCUT2D eigenvalue weighted by Gasteiger charge is 2.39. The molecule has 23 heavy (non-hydrogen) atoms. The molecule has 0 aromatic heterocycles. The summed E-state index contributed by atoms with van der Waals surface area (Å²) in [5.74, 6) is -0.274. The lowest BCUT2D eigenvalue weighted by atomic mass is 9.83. The predicted octanol–water partition coefficient (Wildman–Crippen LogP) is 1.61. The monoisotopic (exact) mass is 319 g/mol. The highest BCUT2D eigenvalue weighted by atomic mass is 19.1. The number of hydrogen-bond acceptors (Lipinski definition) is 3. The first-order valence-corrected chi connectivity index (χ1v) is 8.49. The van der Waals surface area contributed by atoms with E-state index < -0.39 is 5.41 Å². The molecular weight excluding hydrogens is 293 g/mol. The van der Waals surface area contributed by atoms with Gasteiger partial charge in [-0.25, -0.2) is 4.39 Å². The van der Waals surface area contributed by atoms with Crippen LogP contribution in [-0.2, 0) is 10.2 Å². The standard InChI is InChI=1S/C18H26FN3O/c1-18(2,15-5-3-4-6-16(15)19)17(23)22-10-7-14(13-22)21-11-8-20-9-12-21/h3-6,14,20H,7-13H2,1-2H3. The zero-order valence-corrected chi connectivity index (χ0v) is 14.0. The fraction of sp³-hybridized carbons (Fsp3) is 0.611. The molecule has 2 aliphatic rings. The minimum absolute atomic E-state index is 0.0280. The summed E-state index contributed by atoms with van der Waals surface area (Å²) in [6.45, 7) is 9.31. The van der Waals surface area contributed by atoms with Crippen LogP contribution in [0, 0.1) is 5.82 Å². The summed E-state index contributed by atoms with van der Waals surface area (Å²) >= 11 is 0. The Bertz CT molecular complexity index is 569. The summed E-state index contributed by atoms with van der Waals surface area (Å²) in [4.78, 5) is 17.4. The molecule has 126 valence electrons. The topological polar surface area (TPSA) is 35.6 Å². The van der Waals surface area contributed by atoms with Crippen LogP contribution in [0.25, 0.3) is 0 Å². The van der Waals surface area contributed by atoms with Crippen LogP contribution in [0.5, 0.6) is 0 Å². The molecule has 1 aromatic rings. The van der Waals surface area contributed by atoms with E-state index in [9.17, 15) is 9.18 Å². The zero-order chi connectivity index (χ0) is 16.4. The summed E-state index contributed by atoms with van der Waals surface area (Å²) in [7, 11) is 0. The summed E-state index contributed by atoms with van der Waals surface area (Å²) in [6, 6.07) is 7.04. The highest BCUT2D eigenvalue weighted by molar-refractivity contribution is 5.87. The van der Waals surface area contributed by atoms with Gasteiger partial charge in [-0.3, -0.25) is 9.69 Å². The molecule has 1 N–H and O–H groups in total. The Hall–Kier alpha value is -1.46. The van der Waals surface area contributed by atoms with Gasteiger partial charge in [0.15, 0.2) is 0 Å². The lowest BCUT2D eigenvalue weighted by Gasteiger charge is -2.34. The van der Waals surface area contributed by atoms with Crippen molar-refractivity contribution in [2.45, 2.75) is 31.7 Å². The Balaban J connectivity index is 1.69. The van der Waals surface area contributed by atoms with E-state index in [1.54, 1.807) is 18.2 Å². The number of hydrogen-bond donors (Lipinski definition) is 1. The Morgan fingerprint density at radius 2 is 1.91 bits per heavy atom. The van der Waals surface area contributed by atoms with Gasteiger partial charge in [0.05, 0.1) is 5.41 Å². The van der Waals surface area contributed by atoms with E-state index >= 15 is 0 Å². The third kappa shape index (κ3) is 3.26. The van der Waals surface area contributed by atoms with Crippen LogP contribution in [-0.4, -0.2) is 61.0 Å². The van der Waals surface area contributed by atoms with E-state index in [2.05, 4.69) is 10.2 Å². The van der Waals surface area contributed by atoms with Crippen LogP contribution >= 0.6 is 0 Å². The van der Waals surface area contributed by atoms with Crippen molar-refractivity contribution in [2.75, 3.05) is 39.3 Å². The number of piperazine rings is 1.